The predicted octanol–water partition coefficient (Wildman–Crippen LogP) is -2.66. The van der Waals surface area contributed by atoms with Crippen LogP contribution in [0, 0.1) is 0 Å². The van der Waals surface area contributed by atoms with Gasteiger partial charge in [0, 0.05) is 0 Å². The lowest BCUT2D eigenvalue weighted by molar-refractivity contribution is 0.0415. The molecule has 56 valence electrons. The van der Waals surface area contributed by atoms with Crippen molar-refractivity contribution in [2.75, 3.05) is 27.6 Å². The van der Waals surface area contributed by atoms with Gasteiger partial charge in [0.2, 0.25) is 0 Å². The van der Waals surface area contributed by atoms with Crippen molar-refractivity contribution in [1.82, 2.24) is 9.13 Å². The van der Waals surface area contributed by atoms with Gasteiger partial charge in [0.15, 0.2) is 0 Å². The Morgan fingerprint density at radius 3 is 1.67 bits per heavy atom. The average Bonchev–Trinajstić information content (AvgIpc) is 1.63. The van der Waals surface area contributed by atoms with Gasteiger partial charge in [-0.15, -0.1) is 0 Å². The van der Waals surface area contributed by atoms with E-state index >= 15 is 0 Å². The lowest BCUT2D eigenvalue weighted by Gasteiger charge is -2.14. The van der Waals surface area contributed by atoms with Gasteiger partial charge in [-0.1, -0.05) is 0 Å². The molecule has 0 amide bonds. The van der Waals surface area contributed by atoms with Crippen LogP contribution in [0.25, 0.3) is 0 Å². The summed E-state index contributed by atoms with van der Waals surface area (Å²) in [7, 11) is 6.27. The maximum atomic E-state index is 5.28. The lowest BCUT2D eigenvalue weighted by Crippen LogP contribution is -2.24. The highest BCUT2D eigenvalue weighted by molar-refractivity contribution is 6.04. The van der Waals surface area contributed by atoms with Crippen LogP contribution in [0.3, 0.4) is 0 Å². The Morgan fingerprint density at radius 2 is 1.44 bits per heavy atom. The zero-order chi connectivity index (χ0) is 7.28. The molecule has 0 saturated carbocycles. The van der Waals surface area contributed by atoms with Crippen molar-refractivity contribution in [2.45, 2.75) is 0 Å². The van der Waals surface area contributed by atoms with Crippen molar-refractivity contribution in [3.63, 3.8) is 0 Å². The Morgan fingerprint density at radius 1 is 1.11 bits per heavy atom. The Bertz CT molecular complexity index is 61.6. The summed E-state index contributed by atoms with van der Waals surface area (Å²) in [6.45, 7) is 1.55. The third-order valence-corrected chi connectivity index (χ3v) is 1.22. The number of nitrogens with zero attached hydrogens (tertiary/aromatic N) is 2. The van der Waals surface area contributed by atoms with Gasteiger partial charge in [0.05, 0.1) is 34.3 Å². The van der Waals surface area contributed by atoms with Crippen molar-refractivity contribution in [3.8, 4) is 0 Å². The van der Waals surface area contributed by atoms with Crippen molar-refractivity contribution >= 4 is 20.8 Å². The minimum Gasteiger partial charge on any atom is -0.352 e. The zero-order valence-corrected chi connectivity index (χ0v) is 10.7. The van der Waals surface area contributed by atoms with Crippen LogP contribution in [0.15, 0.2) is 0 Å². The Labute approximate surface area is 63.0 Å². The number of ether oxygens (including phenoxy) is 1. The van der Waals surface area contributed by atoms with Gasteiger partial charge in [0.1, 0.15) is 0 Å². The molecule has 0 aromatic carbocycles. The fourth-order valence-corrected chi connectivity index (χ4v) is 0.771. The van der Waals surface area contributed by atoms with Crippen LogP contribution < -0.4 is 0 Å². The van der Waals surface area contributed by atoms with E-state index in [0.29, 0.717) is 0 Å². The topological polar surface area (TPSA) is 15.7 Å². The summed E-state index contributed by atoms with van der Waals surface area (Å²) >= 11 is 0. The molecule has 0 aromatic heterocycles. The molecule has 0 heterocycles. The van der Waals surface area contributed by atoms with Crippen LogP contribution >= 0.6 is 0 Å². The second kappa shape index (κ2) is 5.13. The van der Waals surface area contributed by atoms with Gasteiger partial charge in [-0.25, -0.2) is 0 Å². The van der Waals surface area contributed by atoms with Gasteiger partial charge in [-0.2, -0.15) is 0 Å². The van der Waals surface area contributed by atoms with Crippen molar-refractivity contribution in [3.05, 3.63) is 0 Å². The van der Waals surface area contributed by atoms with E-state index in [1.54, 1.807) is 0 Å². The van der Waals surface area contributed by atoms with E-state index in [2.05, 4.69) is 23.2 Å². The third kappa shape index (κ3) is 8.31. The highest BCUT2D eigenvalue weighted by Crippen LogP contribution is 1.78. The summed E-state index contributed by atoms with van der Waals surface area (Å²) in [6, 6.07) is 0. The second-order valence-corrected chi connectivity index (χ2v) is 5.68. The standard InChI is InChI=1S/C4H16N2OSi2/c1-5(8)3-7-4-6(2)9/h3-4H2,1-2,8-9H3. The molecule has 0 bridgehead atoms. The van der Waals surface area contributed by atoms with Gasteiger partial charge in [0.25, 0.3) is 0 Å². The average molecular weight is 164 g/mol. The molecular weight excluding hydrogens is 148 g/mol. The second-order valence-electron chi connectivity index (χ2n) is 2.62. The van der Waals surface area contributed by atoms with Crippen LogP contribution in [0.4, 0.5) is 0 Å². The van der Waals surface area contributed by atoms with E-state index < -0.39 is 0 Å². The number of hydrogen-bond donors (Lipinski definition) is 0. The highest BCUT2D eigenvalue weighted by Gasteiger charge is 1.89. The minimum atomic E-state index is 0.777. The molecule has 0 spiro atoms. The smallest absolute Gasteiger partial charge is 0.0940 e. The highest BCUT2D eigenvalue weighted by atomic mass is 28.2. The van der Waals surface area contributed by atoms with Crippen LogP contribution in [0.1, 0.15) is 0 Å². The molecule has 0 saturated heterocycles. The molecular formula is C4H16N2OSi2. The lowest BCUT2D eigenvalue weighted by atomic mass is 11.1. The predicted molar refractivity (Wildman–Crippen MR) is 46.2 cm³/mol. The Kier molecular flexibility index (Phi) is 5.31. The molecule has 0 atom stereocenters. The molecule has 3 nitrogen and oxygen atoms in total. The maximum Gasteiger partial charge on any atom is 0.0940 e. The van der Waals surface area contributed by atoms with E-state index in [9.17, 15) is 0 Å². The zero-order valence-electron chi connectivity index (χ0n) is 6.72. The molecule has 0 unspecified atom stereocenters. The van der Waals surface area contributed by atoms with E-state index in [-0.39, 0.29) is 0 Å². The molecule has 0 aromatic rings. The molecule has 5 heteroatoms. The molecule has 0 radical (unpaired) electrons. The number of rotatable bonds is 4. The molecule has 0 N–H and O–H groups in total. The molecule has 0 fully saturated rings. The largest absolute Gasteiger partial charge is 0.352 e. The monoisotopic (exact) mass is 164 g/mol. The summed E-state index contributed by atoms with van der Waals surface area (Å²) in [5.41, 5.74) is 0. The summed E-state index contributed by atoms with van der Waals surface area (Å²) in [4.78, 5) is 0. The van der Waals surface area contributed by atoms with Crippen molar-refractivity contribution < 1.29 is 4.74 Å². The molecule has 0 aliphatic rings. The SMILES string of the molecule is CN([SiH3])COCN(C)[SiH3]. The van der Waals surface area contributed by atoms with Crippen LogP contribution in [0.5, 0.6) is 0 Å². The van der Waals surface area contributed by atoms with Gasteiger partial charge in [-0.05, 0) is 14.1 Å². The van der Waals surface area contributed by atoms with E-state index in [1.807, 2.05) is 0 Å². The van der Waals surface area contributed by atoms with E-state index in [0.717, 1.165) is 34.3 Å². The summed E-state index contributed by atoms with van der Waals surface area (Å²) in [5.74, 6) is 0. The molecule has 0 aliphatic carbocycles. The van der Waals surface area contributed by atoms with Crippen LogP contribution in [0.2, 0.25) is 0 Å². The third-order valence-electron chi connectivity index (χ3n) is 0.699. The van der Waals surface area contributed by atoms with Crippen molar-refractivity contribution in [2.24, 2.45) is 0 Å². The Hall–Kier alpha value is 0.314. The first kappa shape index (κ1) is 9.31. The number of hydrogen-bond acceptors (Lipinski definition) is 3. The molecule has 9 heavy (non-hydrogen) atoms. The normalized spacial score (nSPS) is 12.0. The molecule has 0 rings (SSSR count). The fourth-order valence-electron chi connectivity index (χ4n) is 0.406. The maximum absolute atomic E-state index is 5.28. The summed E-state index contributed by atoms with van der Waals surface area (Å²) in [6.07, 6.45) is 0. The fraction of sp³-hybridized carbons (Fsp3) is 1.00. The summed E-state index contributed by atoms with van der Waals surface area (Å²) < 4.78 is 9.57. The Balaban J connectivity index is 2.91. The van der Waals surface area contributed by atoms with Crippen LogP contribution in [-0.4, -0.2) is 57.5 Å². The quantitative estimate of drug-likeness (QED) is 0.333. The van der Waals surface area contributed by atoms with Crippen molar-refractivity contribution in [1.29, 1.82) is 0 Å². The van der Waals surface area contributed by atoms with Gasteiger partial charge >= 0.3 is 0 Å². The first-order valence-corrected chi connectivity index (χ1v) is 4.79. The minimum absolute atomic E-state index is 0.777. The summed E-state index contributed by atoms with van der Waals surface area (Å²) in [5, 5.41) is 0. The van der Waals surface area contributed by atoms with Gasteiger partial charge in [-0.3, -0.25) is 0 Å². The molecule has 0 aliphatic heterocycles. The van der Waals surface area contributed by atoms with E-state index in [4.69, 9.17) is 4.74 Å². The first-order chi connectivity index (χ1) is 4.13. The first-order valence-electron chi connectivity index (χ1n) is 3.00. The van der Waals surface area contributed by atoms with Crippen LogP contribution in [-0.2, 0) is 4.74 Å². The van der Waals surface area contributed by atoms with Gasteiger partial charge < -0.3 is 13.9 Å². The van der Waals surface area contributed by atoms with E-state index in [1.165, 1.54) is 0 Å².